The van der Waals surface area contributed by atoms with E-state index in [1.54, 1.807) is 19.1 Å². The number of carbonyl (C=O) groups excluding carboxylic acids is 2. The van der Waals surface area contributed by atoms with E-state index in [1.807, 2.05) is 44.2 Å². The summed E-state index contributed by atoms with van der Waals surface area (Å²) in [6.07, 6.45) is 0.912. The van der Waals surface area contributed by atoms with Gasteiger partial charge in [0.15, 0.2) is 6.61 Å². The Balaban J connectivity index is 2.16. The van der Waals surface area contributed by atoms with Gasteiger partial charge in [-0.15, -0.1) is 0 Å². The Morgan fingerprint density at radius 1 is 1.10 bits per heavy atom. The topological polar surface area (TPSA) is 58.6 Å². The highest BCUT2D eigenvalue weighted by molar-refractivity contribution is 9.10. The first-order chi connectivity index (χ1) is 14.2. The zero-order valence-corrected chi connectivity index (χ0v) is 20.1. The molecule has 0 saturated carbocycles. The molecule has 0 aliphatic carbocycles. The van der Waals surface area contributed by atoms with Crippen molar-refractivity contribution in [2.75, 3.05) is 6.61 Å². The van der Waals surface area contributed by atoms with Gasteiger partial charge in [0.25, 0.3) is 5.91 Å². The van der Waals surface area contributed by atoms with Gasteiger partial charge in [-0.25, -0.2) is 0 Å². The zero-order valence-electron chi connectivity index (χ0n) is 17.7. The minimum Gasteiger partial charge on any atom is -0.483 e. The molecule has 2 rings (SSSR count). The summed E-state index contributed by atoms with van der Waals surface area (Å²) in [5.41, 5.74) is 2.05. The van der Waals surface area contributed by atoms with E-state index in [4.69, 9.17) is 16.3 Å². The average Bonchev–Trinajstić information content (AvgIpc) is 2.71. The van der Waals surface area contributed by atoms with E-state index in [9.17, 15) is 9.59 Å². The molecule has 30 heavy (non-hydrogen) atoms. The number of hydrogen-bond donors (Lipinski definition) is 1. The van der Waals surface area contributed by atoms with Crippen LogP contribution in [0, 0.1) is 0 Å². The molecule has 162 valence electrons. The first-order valence-corrected chi connectivity index (χ1v) is 11.1. The maximum Gasteiger partial charge on any atom is 0.261 e. The lowest BCUT2D eigenvalue weighted by Crippen LogP contribution is -2.50. The number of hydrogen-bond acceptors (Lipinski definition) is 3. The first kappa shape index (κ1) is 24.2. The van der Waals surface area contributed by atoms with Crippen LogP contribution in [0.25, 0.3) is 0 Å². The molecule has 0 aliphatic heterocycles. The lowest BCUT2D eigenvalue weighted by atomic mass is 10.1. The van der Waals surface area contributed by atoms with E-state index < -0.39 is 6.04 Å². The van der Waals surface area contributed by atoms with Crippen LogP contribution in [0.4, 0.5) is 0 Å². The molecule has 0 fully saturated rings. The Morgan fingerprint density at radius 2 is 1.73 bits per heavy atom. The summed E-state index contributed by atoms with van der Waals surface area (Å²) in [5.74, 6) is 0.106. The van der Waals surface area contributed by atoms with Gasteiger partial charge in [-0.2, -0.15) is 0 Å². The Kier molecular flexibility index (Phi) is 9.18. The molecular formula is C23H28BrClN2O3. The maximum absolute atomic E-state index is 13.0. The van der Waals surface area contributed by atoms with Crippen molar-refractivity contribution in [1.29, 1.82) is 0 Å². The number of halogens is 2. The number of aryl methyl sites for hydroxylation is 1. The van der Waals surface area contributed by atoms with E-state index >= 15 is 0 Å². The molecule has 0 spiro atoms. The van der Waals surface area contributed by atoms with Crippen molar-refractivity contribution in [3.8, 4) is 5.75 Å². The number of carbonyl (C=O) groups is 2. The van der Waals surface area contributed by atoms with Gasteiger partial charge in [0.2, 0.25) is 5.91 Å². The molecule has 0 bridgehead atoms. The van der Waals surface area contributed by atoms with Crippen LogP contribution in [0.5, 0.6) is 5.75 Å². The highest BCUT2D eigenvalue weighted by Crippen LogP contribution is 2.26. The Labute approximate surface area is 191 Å². The minimum atomic E-state index is -0.648. The second-order valence-corrected chi connectivity index (χ2v) is 8.69. The van der Waals surface area contributed by atoms with Gasteiger partial charge in [-0.1, -0.05) is 36.7 Å². The normalized spacial score (nSPS) is 11.8. The van der Waals surface area contributed by atoms with E-state index in [-0.39, 0.29) is 31.0 Å². The third-order valence-electron chi connectivity index (χ3n) is 4.62. The van der Waals surface area contributed by atoms with Crippen molar-refractivity contribution in [3.05, 3.63) is 63.1 Å². The van der Waals surface area contributed by atoms with Crippen LogP contribution in [0.3, 0.4) is 0 Å². The molecule has 0 heterocycles. The van der Waals surface area contributed by atoms with Gasteiger partial charge >= 0.3 is 0 Å². The lowest BCUT2D eigenvalue weighted by Gasteiger charge is -2.29. The minimum absolute atomic E-state index is 0.0169. The Hall–Kier alpha value is -2.05. The molecule has 2 amide bonds. The molecule has 7 heteroatoms. The molecule has 5 nitrogen and oxygen atoms in total. The van der Waals surface area contributed by atoms with Gasteiger partial charge in [0, 0.05) is 17.6 Å². The number of rotatable bonds is 9. The third kappa shape index (κ3) is 7.03. The van der Waals surface area contributed by atoms with Crippen LogP contribution in [0.1, 0.15) is 38.8 Å². The first-order valence-electron chi connectivity index (χ1n) is 9.96. The number of amides is 2. The van der Waals surface area contributed by atoms with Gasteiger partial charge in [-0.05, 0) is 78.5 Å². The van der Waals surface area contributed by atoms with Crippen molar-refractivity contribution in [2.24, 2.45) is 0 Å². The maximum atomic E-state index is 13.0. The summed E-state index contributed by atoms with van der Waals surface area (Å²) < 4.78 is 6.55. The van der Waals surface area contributed by atoms with Gasteiger partial charge in [-0.3, -0.25) is 9.59 Å². The predicted octanol–water partition coefficient (Wildman–Crippen LogP) is 4.99. The van der Waals surface area contributed by atoms with Crippen molar-refractivity contribution in [1.82, 2.24) is 10.2 Å². The van der Waals surface area contributed by atoms with Crippen molar-refractivity contribution in [2.45, 2.75) is 52.7 Å². The predicted molar refractivity (Wildman–Crippen MR) is 124 cm³/mol. The van der Waals surface area contributed by atoms with Crippen LogP contribution in [-0.2, 0) is 22.6 Å². The van der Waals surface area contributed by atoms with Gasteiger partial charge in [0.1, 0.15) is 11.8 Å². The van der Waals surface area contributed by atoms with Crippen LogP contribution >= 0.6 is 27.5 Å². The zero-order chi connectivity index (χ0) is 22.3. The summed E-state index contributed by atoms with van der Waals surface area (Å²) >= 11 is 9.45. The summed E-state index contributed by atoms with van der Waals surface area (Å²) in [6, 6.07) is 12.3. The lowest BCUT2D eigenvalue weighted by molar-refractivity contribution is -0.142. The Bertz CT molecular complexity index is 871. The van der Waals surface area contributed by atoms with E-state index in [2.05, 4.69) is 28.2 Å². The number of benzene rings is 2. The second kappa shape index (κ2) is 11.4. The second-order valence-electron chi connectivity index (χ2n) is 7.39. The SMILES string of the molecule is CCc1ccc(OCC(=O)N(Cc2ccc(Cl)cc2)[C@@H](C)C(=O)NC(C)C)c(Br)c1. The quantitative estimate of drug-likeness (QED) is 0.533. The monoisotopic (exact) mass is 494 g/mol. The summed E-state index contributed by atoms with van der Waals surface area (Å²) in [4.78, 5) is 27.1. The largest absolute Gasteiger partial charge is 0.483 e. The summed E-state index contributed by atoms with van der Waals surface area (Å²) in [6.45, 7) is 7.67. The van der Waals surface area contributed by atoms with E-state index in [0.29, 0.717) is 10.8 Å². The van der Waals surface area contributed by atoms with Crippen LogP contribution < -0.4 is 10.1 Å². The summed E-state index contributed by atoms with van der Waals surface area (Å²) in [7, 11) is 0. The molecule has 1 N–H and O–H groups in total. The fourth-order valence-corrected chi connectivity index (χ4v) is 3.54. The molecule has 0 aliphatic rings. The van der Waals surface area contributed by atoms with Crippen molar-refractivity contribution in [3.63, 3.8) is 0 Å². The van der Waals surface area contributed by atoms with Gasteiger partial charge in [0.05, 0.1) is 4.47 Å². The number of ether oxygens (including phenoxy) is 1. The smallest absolute Gasteiger partial charge is 0.261 e. The molecule has 0 radical (unpaired) electrons. The summed E-state index contributed by atoms with van der Waals surface area (Å²) in [5, 5.41) is 3.48. The highest BCUT2D eigenvalue weighted by atomic mass is 79.9. The van der Waals surface area contributed by atoms with Crippen molar-refractivity contribution < 1.29 is 14.3 Å². The number of nitrogens with one attached hydrogen (secondary N) is 1. The van der Waals surface area contributed by atoms with Crippen LogP contribution in [-0.4, -0.2) is 35.4 Å². The third-order valence-corrected chi connectivity index (χ3v) is 5.49. The Morgan fingerprint density at radius 3 is 2.30 bits per heavy atom. The molecule has 0 unspecified atom stereocenters. The number of nitrogens with zero attached hydrogens (tertiary/aromatic N) is 1. The molecule has 2 aromatic rings. The van der Waals surface area contributed by atoms with Crippen LogP contribution in [0.15, 0.2) is 46.9 Å². The van der Waals surface area contributed by atoms with Gasteiger partial charge < -0.3 is 15.0 Å². The average molecular weight is 496 g/mol. The van der Waals surface area contributed by atoms with Crippen LogP contribution in [0.2, 0.25) is 5.02 Å². The standard InChI is InChI=1S/C23H28BrClN2O3/c1-5-17-8-11-21(20(24)12-17)30-14-22(28)27(16(4)23(29)26-15(2)3)13-18-6-9-19(25)10-7-18/h6-12,15-16H,5,13-14H2,1-4H3,(H,26,29)/t16-/m0/s1. The van der Waals surface area contributed by atoms with E-state index in [0.717, 1.165) is 16.5 Å². The molecule has 2 aromatic carbocycles. The van der Waals surface area contributed by atoms with Crippen molar-refractivity contribution >= 4 is 39.3 Å². The van der Waals surface area contributed by atoms with E-state index in [1.165, 1.54) is 10.5 Å². The molecular weight excluding hydrogens is 468 g/mol. The fourth-order valence-electron chi connectivity index (χ4n) is 2.88. The molecule has 0 saturated heterocycles. The molecule has 0 aromatic heterocycles. The fraction of sp³-hybridized carbons (Fsp3) is 0.391. The molecule has 1 atom stereocenters. The highest BCUT2D eigenvalue weighted by Gasteiger charge is 2.27.